The summed E-state index contributed by atoms with van der Waals surface area (Å²) in [5.41, 5.74) is 0.327. The molecule has 1 aliphatic heterocycles. The molecule has 1 amide bonds. The Hall–Kier alpha value is -2.31. The van der Waals surface area contributed by atoms with Crippen molar-refractivity contribution in [3.05, 3.63) is 46.6 Å². The van der Waals surface area contributed by atoms with Gasteiger partial charge < -0.3 is 5.32 Å². The molecule has 0 unspecified atom stereocenters. The normalized spacial score (nSPS) is 15.2. The van der Waals surface area contributed by atoms with E-state index in [0.717, 1.165) is 35.3 Å². The van der Waals surface area contributed by atoms with E-state index in [0.29, 0.717) is 23.3 Å². The maximum atomic E-state index is 12.6. The van der Waals surface area contributed by atoms with E-state index in [2.05, 4.69) is 15.2 Å². The van der Waals surface area contributed by atoms with Crippen LogP contribution in [-0.4, -0.2) is 35.4 Å². The van der Waals surface area contributed by atoms with Gasteiger partial charge in [0, 0.05) is 10.1 Å². The highest BCUT2D eigenvalue weighted by atomic mass is 32.1. The Morgan fingerprint density at radius 3 is 2.75 bits per heavy atom. The second kappa shape index (κ2) is 6.30. The number of benzene rings is 1. The van der Waals surface area contributed by atoms with Crippen molar-refractivity contribution in [1.29, 1.82) is 0 Å². The summed E-state index contributed by atoms with van der Waals surface area (Å²) in [6.45, 7) is 2.32. The van der Waals surface area contributed by atoms with Gasteiger partial charge in [-0.2, -0.15) is 0 Å². The number of likely N-dealkylation sites (tertiary alicyclic amines) is 1. The van der Waals surface area contributed by atoms with Crippen molar-refractivity contribution >= 4 is 43.4 Å². The van der Waals surface area contributed by atoms with E-state index in [9.17, 15) is 9.59 Å². The third kappa shape index (κ3) is 2.90. The fraction of sp³-hybridized carbons (Fsp3) is 0.278. The number of aromatic nitrogens is 1. The minimum atomic E-state index is -0.0880. The van der Waals surface area contributed by atoms with Gasteiger partial charge in [-0.1, -0.05) is 12.1 Å². The SMILES string of the molecule is O=C(CN1CCCC1)Nc1ccc2sc3ccccc3c(=O)c2n1. The zero-order valence-corrected chi connectivity index (χ0v) is 13.9. The van der Waals surface area contributed by atoms with Gasteiger partial charge in [-0.3, -0.25) is 14.5 Å². The number of hydrogen-bond acceptors (Lipinski definition) is 5. The fourth-order valence-electron chi connectivity index (χ4n) is 3.08. The molecule has 0 atom stereocenters. The van der Waals surface area contributed by atoms with Crippen molar-refractivity contribution in [2.45, 2.75) is 12.8 Å². The van der Waals surface area contributed by atoms with Gasteiger partial charge in [0.25, 0.3) is 0 Å². The molecule has 6 heteroatoms. The van der Waals surface area contributed by atoms with Crippen LogP contribution in [0.4, 0.5) is 5.82 Å². The molecule has 0 saturated carbocycles. The fourth-order valence-corrected chi connectivity index (χ4v) is 4.10. The van der Waals surface area contributed by atoms with Crippen LogP contribution in [0, 0.1) is 0 Å². The average molecular weight is 339 g/mol. The van der Waals surface area contributed by atoms with Gasteiger partial charge in [-0.25, -0.2) is 4.98 Å². The molecule has 0 spiro atoms. The highest BCUT2D eigenvalue weighted by Crippen LogP contribution is 2.24. The first-order valence-electron chi connectivity index (χ1n) is 8.05. The minimum absolute atomic E-state index is 0.0827. The van der Waals surface area contributed by atoms with Crippen LogP contribution in [0.15, 0.2) is 41.2 Å². The van der Waals surface area contributed by atoms with Crippen LogP contribution in [0.2, 0.25) is 0 Å². The topological polar surface area (TPSA) is 62.3 Å². The van der Waals surface area contributed by atoms with Crippen LogP contribution >= 0.6 is 11.3 Å². The Morgan fingerprint density at radius 1 is 1.12 bits per heavy atom. The van der Waals surface area contributed by atoms with Crippen LogP contribution in [0.5, 0.6) is 0 Å². The summed E-state index contributed by atoms with van der Waals surface area (Å²) >= 11 is 1.54. The maximum absolute atomic E-state index is 12.6. The lowest BCUT2D eigenvalue weighted by Crippen LogP contribution is -2.31. The number of amides is 1. The molecule has 24 heavy (non-hydrogen) atoms. The van der Waals surface area contributed by atoms with Crippen molar-refractivity contribution in [3.63, 3.8) is 0 Å². The van der Waals surface area contributed by atoms with Crippen LogP contribution < -0.4 is 10.7 Å². The first-order chi connectivity index (χ1) is 11.7. The summed E-state index contributed by atoms with van der Waals surface area (Å²) in [6.07, 6.45) is 2.30. The molecule has 2 aromatic heterocycles. The second-order valence-corrected chi connectivity index (χ2v) is 7.09. The molecule has 5 nitrogen and oxygen atoms in total. The van der Waals surface area contributed by atoms with Crippen molar-refractivity contribution in [2.24, 2.45) is 0 Å². The molecule has 4 rings (SSSR count). The molecular formula is C18H17N3O2S. The van der Waals surface area contributed by atoms with E-state index >= 15 is 0 Å². The van der Waals surface area contributed by atoms with E-state index in [1.807, 2.05) is 30.3 Å². The summed E-state index contributed by atoms with van der Waals surface area (Å²) in [5.74, 6) is 0.354. The van der Waals surface area contributed by atoms with Crippen LogP contribution in [0.1, 0.15) is 12.8 Å². The van der Waals surface area contributed by atoms with Crippen molar-refractivity contribution in [1.82, 2.24) is 9.88 Å². The standard InChI is InChI=1S/C18H17N3O2S/c22-16(11-21-9-3-4-10-21)19-15-8-7-14-17(20-15)18(23)12-5-1-2-6-13(12)24-14/h1-2,5-8H,3-4,9-11H2,(H,19,20,22). The van der Waals surface area contributed by atoms with Gasteiger partial charge in [0.15, 0.2) is 0 Å². The number of rotatable bonds is 3. The van der Waals surface area contributed by atoms with Gasteiger partial charge in [-0.15, -0.1) is 11.3 Å². The van der Waals surface area contributed by atoms with Crippen molar-refractivity contribution in [2.75, 3.05) is 25.0 Å². The molecule has 0 bridgehead atoms. The summed E-state index contributed by atoms with van der Waals surface area (Å²) in [5, 5.41) is 3.48. The third-order valence-corrected chi connectivity index (χ3v) is 5.38. The molecule has 0 radical (unpaired) electrons. The Labute approximate surface area is 142 Å². The Balaban J connectivity index is 1.65. The monoisotopic (exact) mass is 339 g/mol. The molecule has 0 aliphatic carbocycles. The molecule has 3 heterocycles. The van der Waals surface area contributed by atoms with Crippen LogP contribution in [0.25, 0.3) is 20.3 Å². The highest BCUT2D eigenvalue weighted by molar-refractivity contribution is 7.24. The molecule has 1 aliphatic rings. The molecule has 122 valence electrons. The first-order valence-corrected chi connectivity index (χ1v) is 8.87. The van der Waals surface area contributed by atoms with Crippen molar-refractivity contribution in [3.8, 4) is 0 Å². The van der Waals surface area contributed by atoms with E-state index in [4.69, 9.17) is 0 Å². The summed E-state index contributed by atoms with van der Waals surface area (Å²) in [7, 11) is 0. The highest BCUT2D eigenvalue weighted by Gasteiger charge is 2.16. The number of carbonyl (C=O) groups excluding carboxylic acids is 1. The lowest BCUT2D eigenvalue weighted by Gasteiger charge is -2.13. The summed E-state index contributed by atoms with van der Waals surface area (Å²) in [6, 6.07) is 11.1. The lowest BCUT2D eigenvalue weighted by atomic mass is 10.2. The van der Waals surface area contributed by atoms with Gasteiger partial charge in [0.05, 0.1) is 11.2 Å². The zero-order chi connectivity index (χ0) is 16.5. The minimum Gasteiger partial charge on any atom is -0.310 e. The maximum Gasteiger partial charge on any atom is 0.239 e. The van der Waals surface area contributed by atoms with E-state index in [-0.39, 0.29) is 11.3 Å². The van der Waals surface area contributed by atoms with Gasteiger partial charge in [0.2, 0.25) is 11.3 Å². The number of carbonyl (C=O) groups is 1. The molecule has 1 saturated heterocycles. The van der Waals surface area contributed by atoms with Gasteiger partial charge in [-0.05, 0) is 50.2 Å². The average Bonchev–Trinajstić information content (AvgIpc) is 3.08. The molecule has 1 fully saturated rings. The summed E-state index contributed by atoms with van der Waals surface area (Å²) in [4.78, 5) is 31.3. The number of pyridine rings is 1. The largest absolute Gasteiger partial charge is 0.310 e. The Morgan fingerprint density at radius 2 is 1.92 bits per heavy atom. The zero-order valence-electron chi connectivity index (χ0n) is 13.1. The molecule has 3 aromatic rings. The number of hydrogen-bond donors (Lipinski definition) is 1. The van der Waals surface area contributed by atoms with E-state index < -0.39 is 0 Å². The number of anilines is 1. The number of nitrogens with zero attached hydrogens (tertiary/aromatic N) is 2. The van der Waals surface area contributed by atoms with E-state index in [1.165, 1.54) is 11.3 Å². The van der Waals surface area contributed by atoms with Crippen molar-refractivity contribution < 1.29 is 4.79 Å². The van der Waals surface area contributed by atoms with Gasteiger partial charge >= 0.3 is 0 Å². The predicted molar refractivity (Wildman–Crippen MR) is 97.7 cm³/mol. The lowest BCUT2D eigenvalue weighted by molar-refractivity contribution is -0.117. The first kappa shape index (κ1) is 15.2. The predicted octanol–water partition coefficient (Wildman–Crippen LogP) is 2.84. The van der Waals surface area contributed by atoms with E-state index in [1.54, 1.807) is 6.07 Å². The summed E-state index contributed by atoms with van der Waals surface area (Å²) < 4.78 is 1.78. The molecule has 1 aromatic carbocycles. The van der Waals surface area contributed by atoms with Crippen LogP contribution in [-0.2, 0) is 4.79 Å². The van der Waals surface area contributed by atoms with Crippen LogP contribution in [0.3, 0.4) is 0 Å². The molecule has 1 N–H and O–H groups in total. The smallest absolute Gasteiger partial charge is 0.239 e. The quantitative estimate of drug-likeness (QED) is 0.746. The number of nitrogens with one attached hydrogen (secondary N) is 1. The van der Waals surface area contributed by atoms with Gasteiger partial charge in [0.1, 0.15) is 11.3 Å². The third-order valence-electron chi connectivity index (χ3n) is 4.26. The second-order valence-electron chi connectivity index (χ2n) is 6.00. The Kier molecular flexibility index (Phi) is 4.00. The molecular weight excluding hydrogens is 322 g/mol. The number of fused-ring (bicyclic) bond motifs is 2. The Bertz CT molecular complexity index is 977.